The van der Waals surface area contributed by atoms with Gasteiger partial charge in [0, 0.05) is 33.1 Å². The Morgan fingerprint density at radius 1 is 1.08 bits per heavy atom. The van der Waals surface area contributed by atoms with Gasteiger partial charge in [-0.3, -0.25) is 9.59 Å². The highest BCUT2D eigenvalue weighted by Gasteiger charge is 2.30. The van der Waals surface area contributed by atoms with Crippen molar-refractivity contribution >= 4 is 49.8 Å². The fraction of sp³-hybridized carbons (Fsp3) is 0.333. The van der Waals surface area contributed by atoms with Gasteiger partial charge in [-0.2, -0.15) is 0 Å². The summed E-state index contributed by atoms with van der Waals surface area (Å²) in [6.45, 7) is 1.09. The summed E-state index contributed by atoms with van der Waals surface area (Å²) in [6, 6.07) is 9.79. The van der Waals surface area contributed by atoms with E-state index >= 15 is 0 Å². The number of pyridine rings is 1. The molecule has 0 saturated heterocycles. The van der Waals surface area contributed by atoms with Crippen molar-refractivity contribution in [3.63, 3.8) is 0 Å². The average molecular weight is 527 g/mol. The van der Waals surface area contributed by atoms with Crippen LogP contribution in [0.3, 0.4) is 0 Å². The minimum Gasteiger partial charge on any atom is -0.486 e. The van der Waals surface area contributed by atoms with E-state index in [0.717, 1.165) is 37.5 Å². The second kappa shape index (κ2) is 9.41. The van der Waals surface area contributed by atoms with Crippen LogP contribution in [0.1, 0.15) is 47.3 Å². The van der Waals surface area contributed by atoms with E-state index < -0.39 is 0 Å². The molecule has 4 aromatic rings. The molecule has 0 bridgehead atoms. The molecule has 36 heavy (non-hydrogen) atoms. The van der Waals surface area contributed by atoms with Crippen molar-refractivity contribution in [3.8, 4) is 11.5 Å². The van der Waals surface area contributed by atoms with Crippen molar-refractivity contribution in [1.29, 1.82) is 0 Å². The van der Waals surface area contributed by atoms with Gasteiger partial charge in [0.15, 0.2) is 11.5 Å². The Kier molecular flexibility index (Phi) is 6.09. The zero-order valence-electron chi connectivity index (χ0n) is 19.4. The summed E-state index contributed by atoms with van der Waals surface area (Å²) < 4.78 is 25.8. The molecular formula is C27H24ClFN2O4S. The van der Waals surface area contributed by atoms with Crippen LogP contribution >= 0.6 is 22.9 Å². The van der Waals surface area contributed by atoms with E-state index in [-0.39, 0.29) is 29.9 Å². The number of hydrogen-bond donors (Lipinski definition) is 1. The highest BCUT2D eigenvalue weighted by molar-refractivity contribution is 7.21. The number of nitrogens with zero attached hydrogens (tertiary/aromatic N) is 1. The molecule has 2 aromatic carbocycles. The van der Waals surface area contributed by atoms with Crippen LogP contribution in [0.5, 0.6) is 11.5 Å². The van der Waals surface area contributed by atoms with Gasteiger partial charge in [-0.15, -0.1) is 11.3 Å². The highest BCUT2D eigenvalue weighted by Crippen LogP contribution is 2.38. The molecule has 6 nitrogen and oxygen atoms in total. The van der Waals surface area contributed by atoms with Gasteiger partial charge in [-0.25, -0.2) is 4.39 Å². The first-order chi connectivity index (χ1) is 17.5. The van der Waals surface area contributed by atoms with Gasteiger partial charge in [-0.1, -0.05) is 30.9 Å². The Bertz CT molecular complexity index is 1540. The van der Waals surface area contributed by atoms with Gasteiger partial charge in [0.1, 0.15) is 23.9 Å². The molecule has 9 heteroatoms. The summed E-state index contributed by atoms with van der Waals surface area (Å²) in [6.07, 6.45) is 4.92. The molecule has 3 heterocycles. The number of nitrogens with one attached hydrogen (secondary N) is 1. The average Bonchev–Trinajstić information content (AvgIpc) is 3.21. The SMILES string of the molecule is O=C(c1sc2cc(F)ccc2c1Cl)N(Cc1cc2cc3c(cc2[nH]c1=O)OCCO3)C1CCCCC1. The number of benzene rings is 2. The maximum atomic E-state index is 13.9. The number of fused-ring (bicyclic) bond motifs is 3. The van der Waals surface area contributed by atoms with Crippen molar-refractivity contribution in [1.82, 2.24) is 9.88 Å². The van der Waals surface area contributed by atoms with E-state index in [1.807, 2.05) is 12.1 Å². The van der Waals surface area contributed by atoms with E-state index in [1.165, 1.54) is 23.5 Å². The number of halogens is 2. The van der Waals surface area contributed by atoms with Crippen LogP contribution in [0.15, 0.2) is 41.2 Å². The number of aromatic amines is 1. The summed E-state index contributed by atoms with van der Waals surface area (Å²) in [5.41, 5.74) is 0.886. The van der Waals surface area contributed by atoms with Crippen molar-refractivity contribution in [2.75, 3.05) is 13.2 Å². The Balaban J connectivity index is 1.39. The Morgan fingerprint density at radius 3 is 2.61 bits per heavy atom. The van der Waals surface area contributed by atoms with E-state index in [2.05, 4.69) is 4.98 Å². The number of aromatic nitrogens is 1. The van der Waals surface area contributed by atoms with E-state index in [4.69, 9.17) is 21.1 Å². The Hall–Kier alpha value is -3.10. The topological polar surface area (TPSA) is 71.6 Å². The predicted octanol–water partition coefficient (Wildman–Crippen LogP) is 6.28. The molecule has 1 N–H and O–H groups in total. The van der Waals surface area contributed by atoms with Crippen molar-refractivity contribution in [2.45, 2.75) is 44.7 Å². The van der Waals surface area contributed by atoms with Crippen LogP contribution in [-0.4, -0.2) is 35.0 Å². The predicted molar refractivity (Wildman–Crippen MR) is 139 cm³/mol. The van der Waals surface area contributed by atoms with E-state index in [0.29, 0.717) is 55.8 Å². The largest absolute Gasteiger partial charge is 0.486 e. The third-order valence-electron chi connectivity index (χ3n) is 6.99. The summed E-state index contributed by atoms with van der Waals surface area (Å²) >= 11 is 7.81. The third-order valence-corrected chi connectivity index (χ3v) is 8.63. The lowest BCUT2D eigenvalue weighted by Gasteiger charge is -2.34. The van der Waals surface area contributed by atoms with Gasteiger partial charge < -0.3 is 19.4 Å². The van der Waals surface area contributed by atoms with Crippen LogP contribution in [0, 0.1) is 5.82 Å². The van der Waals surface area contributed by atoms with Gasteiger partial charge in [0.05, 0.1) is 17.1 Å². The lowest BCUT2D eigenvalue weighted by molar-refractivity contribution is 0.0618. The first-order valence-corrected chi connectivity index (χ1v) is 13.3. The highest BCUT2D eigenvalue weighted by atomic mass is 35.5. The molecule has 0 radical (unpaired) electrons. The number of thiophene rings is 1. The molecule has 2 aromatic heterocycles. The lowest BCUT2D eigenvalue weighted by atomic mass is 9.93. The molecule has 0 atom stereocenters. The van der Waals surface area contributed by atoms with Crippen molar-refractivity contribution < 1.29 is 18.7 Å². The molecule has 1 aliphatic heterocycles. The van der Waals surface area contributed by atoms with Crippen LogP contribution in [-0.2, 0) is 6.54 Å². The normalized spacial score (nSPS) is 15.9. The number of carbonyl (C=O) groups is 1. The quantitative estimate of drug-likeness (QED) is 0.339. The van der Waals surface area contributed by atoms with Gasteiger partial charge >= 0.3 is 0 Å². The summed E-state index contributed by atoms with van der Waals surface area (Å²) in [5.74, 6) is 0.640. The molecule has 1 fully saturated rings. The molecule has 1 aliphatic carbocycles. The summed E-state index contributed by atoms with van der Waals surface area (Å²) in [4.78, 5) is 32.1. The van der Waals surface area contributed by atoms with Crippen LogP contribution in [0.25, 0.3) is 21.0 Å². The fourth-order valence-electron chi connectivity index (χ4n) is 5.16. The summed E-state index contributed by atoms with van der Waals surface area (Å²) in [5, 5.41) is 1.79. The molecular weight excluding hydrogens is 503 g/mol. The first kappa shape index (κ1) is 23.3. The second-order valence-electron chi connectivity index (χ2n) is 9.32. The maximum Gasteiger partial charge on any atom is 0.266 e. The molecule has 6 rings (SSSR count). The Labute approximate surface area is 215 Å². The van der Waals surface area contributed by atoms with E-state index in [1.54, 1.807) is 17.0 Å². The Morgan fingerprint density at radius 2 is 1.83 bits per heavy atom. The molecule has 0 unspecified atom stereocenters. The van der Waals surface area contributed by atoms with Crippen molar-refractivity contribution in [2.24, 2.45) is 0 Å². The second-order valence-corrected chi connectivity index (χ2v) is 10.7. The van der Waals surface area contributed by atoms with Crippen molar-refractivity contribution in [3.05, 3.63) is 68.0 Å². The van der Waals surface area contributed by atoms with Gasteiger partial charge in [0.25, 0.3) is 11.5 Å². The van der Waals surface area contributed by atoms with Crippen LogP contribution < -0.4 is 15.0 Å². The number of rotatable bonds is 4. The number of hydrogen-bond acceptors (Lipinski definition) is 5. The molecule has 186 valence electrons. The number of H-pyrrole nitrogens is 1. The monoisotopic (exact) mass is 526 g/mol. The van der Waals surface area contributed by atoms with Crippen LogP contribution in [0.4, 0.5) is 4.39 Å². The number of carbonyl (C=O) groups excluding carboxylic acids is 1. The summed E-state index contributed by atoms with van der Waals surface area (Å²) in [7, 11) is 0. The standard InChI is InChI=1S/C27H24ClFN2O4S/c28-24-19-7-6-17(29)12-23(19)36-25(24)27(33)31(18-4-2-1-3-5-18)14-16-10-15-11-21-22(35-9-8-34-21)13-20(15)30-26(16)32/h6-7,10-13,18H,1-5,8-9,14H2,(H,30,32). The third kappa shape index (κ3) is 4.22. The number of amides is 1. The zero-order valence-corrected chi connectivity index (χ0v) is 21.0. The lowest BCUT2D eigenvalue weighted by Crippen LogP contribution is -2.41. The molecule has 2 aliphatic rings. The van der Waals surface area contributed by atoms with Gasteiger partial charge in [-0.05, 0) is 43.2 Å². The number of ether oxygens (including phenoxy) is 2. The maximum absolute atomic E-state index is 13.9. The molecule has 0 spiro atoms. The zero-order chi connectivity index (χ0) is 24.8. The fourth-order valence-corrected chi connectivity index (χ4v) is 6.65. The molecule has 1 saturated carbocycles. The van der Waals surface area contributed by atoms with Crippen LogP contribution in [0.2, 0.25) is 5.02 Å². The van der Waals surface area contributed by atoms with E-state index in [9.17, 15) is 14.0 Å². The first-order valence-electron chi connectivity index (χ1n) is 12.1. The minimum atomic E-state index is -0.372. The minimum absolute atomic E-state index is 0.000344. The molecule has 1 amide bonds. The van der Waals surface area contributed by atoms with Gasteiger partial charge in [0.2, 0.25) is 0 Å². The smallest absolute Gasteiger partial charge is 0.266 e.